The van der Waals surface area contributed by atoms with Crippen molar-refractivity contribution in [2.24, 2.45) is 0 Å². The molecule has 0 saturated carbocycles. The number of thioether (sulfide) groups is 1. The number of amides is 2. The van der Waals surface area contributed by atoms with E-state index in [1.54, 1.807) is 34.9 Å². The Labute approximate surface area is 212 Å². The van der Waals surface area contributed by atoms with Crippen molar-refractivity contribution in [1.82, 2.24) is 10.2 Å². The van der Waals surface area contributed by atoms with Gasteiger partial charge in [-0.05, 0) is 44.4 Å². The van der Waals surface area contributed by atoms with E-state index in [1.807, 2.05) is 6.92 Å². The first-order valence-corrected chi connectivity index (χ1v) is 13.3. The second kappa shape index (κ2) is 13.9. The fourth-order valence-electron chi connectivity index (χ4n) is 3.77. The van der Waals surface area contributed by atoms with Gasteiger partial charge in [0.1, 0.15) is 6.04 Å². The summed E-state index contributed by atoms with van der Waals surface area (Å²) < 4.78 is 0. The summed E-state index contributed by atoms with van der Waals surface area (Å²) in [5.41, 5.74) is 4.27. The van der Waals surface area contributed by atoms with Crippen molar-refractivity contribution in [3.63, 3.8) is 0 Å². The van der Waals surface area contributed by atoms with E-state index in [0.717, 1.165) is 18.6 Å². The van der Waals surface area contributed by atoms with Crippen LogP contribution in [-0.2, 0) is 21.9 Å². The van der Waals surface area contributed by atoms with Crippen LogP contribution in [0.4, 0.5) is 0 Å². The van der Waals surface area contributed by atoms with Gasteiger partial charge in [0, 0.05) is 34.5 Å². The van der Waals surface area contributed by atoms with Crippen molar-refractivity contribution in [2.75, 3.05) is 12.3 Å². The average Bonchev–Trinajstić information content (AvgIpc) is 2.75. The second-order valence-corrected chi connectivity index (χ2v) is 10.1. The summed E-state index contributed by atoms with van der Waals surface area (Å²) in [6, 6.07) is 11.1. The molecule has 0 heterocycles. The lowest BCUT2D eigenvalue weighted by Gasteiger charge is -2.31. The van der Waals surface area contributed by atoms with Crippen molar-refractivity contribution in [3.05, 3.63) is 68.7 Å². The minimum absolute atomic E-state index is 0.0992. The third-order valence-electron chi connectivity index (χ3n) is 5.38. The molecule has 180 valence electrons. The van der Waals surface area contributed by atoms with Gasteiger partial charge in [-0.2, -0.15) is 0 Å². The van der Waals surface area contributed by atoms with Crippen LogP contribution >= 0.6 is 35.0 Å². The normalized spacial score (nSPS) is 11.8. The number of halogens is 2. The van der Waals surface area contributed by atoms with Crippen molar-refractivity contribution in [1.29, 1.82) is 0 Å². The standard InChI is InChI=1S/C26H34Cl2N2O2S/c1-5-7-11-29-26(32)24(6-2)30(15-21-22(27)9-8-10-23(21)28)25(31)17-33-16-20-13-18(3)12-19(4)14-20/h8-10,12-14,24H,5-7,11,15-17H2,1-4H3,(H,29,32)/t24-/m1/s1. The molecule has 0 saturated heterocycles. The molecule has 0 aliphatic carbocycles. The van der Waals surface area contributed by atoms with Gasteiger partial charge in [0.05, 0.1) is 5.75 Å². The first-order chi connectivity index (χ1) is 15.8. The highest BCUT2D eigenvalue weighted by Gasteiger charge is 2.29. The second-order valence-electron chi connectivity index (χ2n) is 8.28. The molecule has 0 aromatic heterocycles. The van der Waals surface area contributed by atoms with Crippen LogP contribution < -0.4 is 5.32 Å². The van der Waals surface area contributed by atoms with E-state index in [-0.39, 0.29) is 24.1 Å². The number of carbonyl (C=O) groups excluding carboxylic acids is 2. The zero-order valence-corrected chi connectivity index (χ0v) is 22.2. The number of nitrogens with one attached hydrogen (secondary N) is 1. The Balaban J connectivity index is 2.18. The molecule has 2 amide bonds. The van der Waals surface area contributed by atoms with Crippen molar-refractivity contribution in [3.8, 4) is 0 Å². The van der Waals surface area contributed by atoms with Crippen LogP contribution in [-0.4, -0.2) is 35.1 Å². The van der Waals surface area contributed by atoms with E-state index >= 15 is 0 Å². The first-order valence-electron chi connectivity index (χ1n) is 11.4. The minimum Gasteiger partial charge on any atom is -0.354 e. The SMILES string of the molecule is CCCCNC(=O)[C@@H](CC)N(Cc1c(Cl)cccc1Cl)C(=O)CSCc1cc(C)cc(C)c1. The predicted octanol–water partition coefficient (Wildman–Crippen LogP) is 6.57. The molecule has 0 aliphatic heterocycles. The zero-order chi connectivity index (χ0) is 24.4. The van der Waals surface area contributed by atoms with Gasteiger partial charge in [-0.1, -0.05) is 78.9 Å². The number of hydrogen-bond acceptors (Lipinski definition) is 3. The van der Waals surface area contributed by atoms with Crippen LogP contribution in [0.15, 0.2) is 36.4 Å². The van der Waals surface area contributed by atoms with Crippen molar-refractivity contribution < 1.29 is 9.59 Å². The largest absolute Gasteiger partial charge is 0.354 e. The molecular weight excluding hydrogens is 475 g/mol. The summed E-state index contributed by atoms with van der Waals surface area (Å²) in [5.74, 6) is 0.766. The maximum absolute atomic E-state index is 13.4. The van der Waals surface area contributed by atoms with Crippen LogP contribution in [0.5, 0.6) is 0 Å². The molecule has 0 spiro atoms. The lowest BCUT2D eigenvalue weighted by molar-refractivity contribution is -0.139. The van der Waals surface area contributed by atoms with Crippen LogP contribution in [0.2, 0.25) is 10.0 Å². The Morgan fingerprint density at radius 2 is 1.70 bits per heavy atom. The highest BCUT2D eigenvalue weighted by atomic mass is 35.5. The molecule has 0 aliphatic rings. The van der Waals surface area contributed by atoms with E-state index < -0.39 is 6.04 Å². The van der Waals surface area contributed by atoms with Crippen LogP contribution in [0.25, 0.3) is 0 Å². The average molecular weight is 510 g/mol. The van der Waals surface area contributed by atoms with E-state index in [9.17, 15) is 9.59 Å². The quantitative estimate of drug-likeness (QED) is 0.330. The molecule has 2 rings (SSSR count). The molecule has 2 aromatic carbocycles. The van der Waals surface area contributed by atoms with Gasteiger partial charge >= 0.3 is 0 Å². The van der Waals surface area contributed by atoms with Crippen LogP contribution in [0.3, 0.4) is 0 Å². The summed E-state index contributed by atoms with van der Waals surface area (Å²) >= 11 is 14.3. The van der Waals surface area contributed by atoms with Crippen LogP contribution in [0.1, 0.15) is 55.4 Å². The highest BCUT2D eigenvalue weighted by molar-refractivity contribution is 7.99. The number of benzene rings is 2. The number of nitrogens with zero attached hydrogens (tertiary/aromatic N) is 1. The van der Waals surface area contributed by atoms with Crippen molar-refractivity contribution >= 4 is 46.8 Å². The molecule has 7 heteroatoms. The lowest BCUT2D eigenvalue weighted by Crippen LogP contribution is -2.49. The first kappa shape index (κ1) is 27.6. The summed E-state index contributed by atoms with van der Waals surface area (Å²) in [6.45, 7) is 8.94. The molecular formula is C26H34Cl2N2O2S. The molecule has 4 nitrogen and oxygen atoms in total. The smallest absolute Gasteiger partial charge is 0.242 e. The van der Waals surface area contributed by atoms with E-state index in [1.165, 1.54) is 16.7 Å². The molecule has 0 bridgehead atoms. The van der Waals surface area contributed by atoms with Crippen LogP contribution in [0, 0.1) is 13.8 Å². The fraction of sp³-hybridized carbons (Fsp3) is 0.462. The summed E-state index contributed by atoms with van der Waals surface area (Å²) in [4.78, 5) is 27.9. The van der Waals surface area contributed by atoms with Gasteiger partial charge in [0.25, 0.3) is 0 Å². The summed E-state index contributed by atoms with van der Waals surface area (Å²) in [5, 5.41) is 3.95. The monoisotopic (exact) mass is 508 g/mol. The van der Waals surface area contributed by atoms with E-state index in [4.69, 9.17) is 23.2 Å². The van der Waals surface area contributed by atoms with Gasteiger partial charge in [0.2, 0.25) is 11.8 Å². The summed E-state index contributed by atoms with van der Waals surface area (Å²) in [7, 11) is 0. The third-order valence-corrected chi connectivity index (χ3v) is 7.08. The van der Waals surface area contributed by atoms with Gasteiger partial charge in [0.15, 0.2) is 0 Å². The third kappa shape index (κ3) is 8.55. The summed E-state index contributed by atoms with van der Waals surface area (Å²) in [6.07, 6.45) is 2.40. The number of hydrogen-bond donors (Lipinski definition) is 1. The highest BCUT2D eigenvalue weighted by Crippen LogP contribution is 2.27. The molecule has 1 atom stereocenters. The Hall–Kier alpha value is -1.69. The number of unbranched alkanes of at least 4 members (excludes halogenated alkanes) is 1. The Kier molecular flexibility index (Phi) is 11.6. The zero-order valence-electron chi connectivity index (χ0n) is 19.9. The van der Waals surface area contributed by atoms with Gasteiger partial charge < -0.3 is 10.2 Å². The van der Waals surface area contributed by atoms with Crippen molar-refractivity contribution in [2.45, 2.75) is 65.3 Å². The lowest BCUT2D eigenvalue weighted by atomic mass is 10.1. The number of aryl methyl sites for hydroxylation is 2. The van der Waals surface area contributed by atoms with E-state index in [0.29, 0.717) is 28.6 Å². The molecule has 2 aromatic rings. The fourth-order valence-corrected chi connectivity index (χ4v) is 5.13. The number of carbonyl (C=O) groups is 2. The molecule has 0 radical (unpaired) electrons. The van der Waals surface area contributed by atoms with Gasteiger partial charge in [-0.3, -0.25) is 9.59 Å². The maximum atomic E-state index is 13.4. The Morgan fingerprint density at radius 3 is 2.27 bits per heavy atom. The van der Waals surface area contributed by atoms with E-state index in [2.05, 4.69) is 44.3 Å². The minimum atomic E-state index is -0.580. The molecule has 1 N–H and O–H groups in total. The number of rotatable bonds is 12. The predicted molar refractivity (Wildman–Crippen MR) is 141 cm³/mol. The Bertz CT molecular complexity index is 911. The molecule has 0 unspecified atom stereocenters. The molecule has 0 fully saturated rings. The maximum Gasteiger partial charge on any atom is 0.242 e. The van der Waals surface area contributed by atoms with Gasteiger partial charge in [-0.15, -0.1) is 11.8 Å². The molecule has 33 heavy (non-hydrogen) atoms. The Morgan fingerprint density at radius 1 is 1.06 bits per heavy atom. The topological polar surface area (TPSA) is 49.4 Å². The van der Waals surface area contributed by atoms with Gasteiger partial charge in [-0.25, -0.2) is 0 Å².